The zero-order chi connectivity index (χ0) is 19.1. The average Bonchev–Trinajstić information content (AvgIpc) is 2.64. The molecule has 1 saturated heterocycles. The molecule has 0 aliphatic carbocycles. The fourth-order valence-electron chi connectivity index (χ4n) is 3.20. The number of nitrogens with two attached hydrogens (primary N) is 1. The normalized spacial score (nSPS) is 16.4. The number of piperidine rings is 1. The van der Waals surface area contributed by atoms with Gasteiger partial charge in [-0.1, -0.05) is 30.3 Å². The highest BCUT2D eigenvalue weighted by Crippen LogP contribution is 2.20. The number of carbonyl (C=O) groups excluding carboxylic acids is 2. The van der Waals surface area contributed by atoms with Gasteiger partial charge in [0, 0.05) is 25.7 Å². The summed E-state index contributed by atoms with van der Waals surface area (Å²) in [4.78, 5) is 28.1. The highest BCUT2D eigenvalue weighted by atomic mass is 16.6. The van der Waals surface area contributed by atoms with Crippen LogP contribution in [0.2, 0.25) is 0 Å². The molecule has 0 bridgehead atoms. The summed E-state index contributed by atoms with van der Waals surface area (Å²) in [6.45, 7) is 8.07. The van der Waals surface area contributed by atoms with Gasteiger partial charge in [0.1, 0.15) is 6.61 Å². The Hall–Kier alpha value is -2.08. The molecule has 1 aliphatic heterocycles. The number of hydrogen-bond donors (Lipinski definition) is 1. The summed E-state index contributed by atoms with van der Waals surface area (Å²) in [6, 6.07) is 9.32. The summed E-state index contributed by atoms with van der Waals surface area (Å²) < 4.78 is 5.40. The molecule has 0 saturated carbocycles. The van der Waals surface area contributed by atoms with Gasteiger partial charge in [0.15, 0.2) is 0 Å². The highest BCUT2D eigenvalue weighted by Gasteiger charge is 2.28. The second-order valence-corrected chi connectivity index (χ2v) is 7.34. The molecule has 144 valence electrons. The van der Waals surface area contributed by atoms with E-state index in [1.165, 1.54) is 0 Å². The van der Waals surface area contributed by atoms with Gasteiger partial charge in [-0.25, -0.2) is 4.79 Å². The van der Waals surface area contributed by atoms with Crippen LogP contribution >= 0.6 is 0 Å². The third-order valence-corrected chi connectivity index (χ3v) is 4.83. The number of benzene rings is 1. The van der Waals surface area contributed by atoms with Gasteiger partial charge in [-0.2, -0.15) is 0 Å². The second kappa shape index (κ2) is 9.57. The molecule has 0 radical (unpaired) electrons. The van der Waals surface area contributed by atoms with E-state index in [-0.39, 0.29) is 18.0 Å². The van der Waals surface area contributed by atoms with E-state index in [0.29, 0.717) is 32.2 Å². The molecule has 6 nitrogen and oxygen atoms in total. The van der Waals surface area contributed by atoms with Gasteiger partial charge in [-0.15, -0.1) is 0 Å². The number of rotatable bonds is 6. The fraction of sp³-hybridized carbons (Fsp3) is 0.600. The van der Waals surface area contributed by atoms with Crippen LogP contribution in [0.1, 0.15) is 39.2 Å². The lowest BCUT2D eigenvalue weighted by Gasteiger charge is -2.36. The van der Waals surface area contributed by atoms with Crippen LogP contribution in [0.5, 0.6) is 0 Å². The lowest BCUT2D eigenvalue weighted by molar-refractivity contribution is -0.134. The molecular weight excluding hydrogens is 330 g/mol. The summed E-state index contributed by atoms with van der Waals surface area (Å²) in [6.07, 6.45) is 1.48. The molecule has 0 spiro atoms. The first kappa shape index (κ1) is 20.2. The number of likely N-dealkylation sites (tertiary alicyclic amines) is 1. The van der Waals surface area contributed by atoms with Crippen molar-refractivity contribution in [3.8, 4) is 0 Å². The first-order chi connectivity index (χ1) is 12.4. The molecule has 0 aromatic heterocycles. The van der Waals surface area contributed by atoms with Crippen molar-refractivity contribution < 1.29 is 14.3 Å². The Morgan fingerprint density at radius 3 is 2.35 bits per heavy atom. The largest absolute Gasteiger partial charge is 0.445 e. The standard InChI is InChI=1S/C20H31N3O3/c1-15(2)23(19(24)16(3)21)13-17-9-11-22(12-10-17)20(25)26-14-18-7-5-4-6-8-18/h4-8,15-17H,9-14,21H2,1-3H3/t16-/m0/s1. The molecule has 2 amide bonds. The van der Waals surface area contributed by atoms with Crippen LogP contribution < -0.4 is 5.73 Å². The van der Waals surface area contributed by atoms with Crippen LogP contribution in [0.3, 0.4) is 0 Å². The molecular formula is C20H31N3O3. The average molecular weight is 361 g/mol. The zero-order valence-electron chi connectivity index (χ0n) is 16.1. The minimum atomic E-state index is -0.481. The number of nitrogens with zero attached hydrogens (tertiary/aromatic N) is 2. The third kappa shape index (κ3) is 5.73. The zero-order valence-corrected chi connectivity index (χ0v) is 16.1. The first-order valence-corrected chi connectivity index (χ1v) is 9.40. The van der Waals surface area contributed by atoms with Crippen molar-refractivity contribution in [2.45, 2.75) is 52.3 Å². The highest BCUT2D eigenvalue weighted by molar-refractivity contribution is 5.81. The molecule has 1 atom stereocenters. The summed E-state index contributed by atoms with van der Waals surface area (Å²) in [5.41, 5.74) is 6.75. The third-order valence-electron chi connectivity index (χ3n) is 4.83. The maximum atomic E-state index is 12.3. The van der Waals surface area contributed by atoms with Crippen LogP contribution in [0, 0.1) is 5.92 Å². The number of amides is 2. The van der Waals surface area contributed by atoms with Crippen molar-refractivity contribution in [2.75, 3.05) is 19.6 Å². The Morgan fingerprint density at radius 1 is 1.19 bits per heavy atom. The molecule has 6 heteroatoms. The molecule has 1 fully saturated rings. The van der Waals surface area contributed by atoms with Crippen molar-refractivity contribution in [1.29, 1.82) is 0 Å². The van der Waals surface area contributed by atoms with Crippen molar-refractivity contribution in [1.82, 2.24) is 9.80 Å². The molecule has 0 unspecified atom stereocenters. The van der Waals surface area contributed by atoms with Gasteiger partial charge in [-0.3, -0.25) is 4.79 Å². The Balaban J connectivity index is 1.78. The van der Waals surface area contributed by atoms with Crippen LogP contribution in [-0.4, -0.2) is 53.5 Å². The van der Waals surface area contributed by atoms with E-state index >= 15 is 0 Å². The Labute approximate surface area is 156 Å². The summed E-state index contributed by atoms with van der Waals surface area (Å²) in [5.74, 6) is 0.378. The second-order valence-electron chi connectivity index (χ2n) is 7.34. The first-order valence-electron chi connectivity index (χ1n) is 9.40. The lowest BCUT2D eigenvalue weighted by Crippen LogP contribution is -2.49. The lowest BCUT2D eigenvalue weighted by atomic mass is 9.95. The fourth-order valence-corrected chi connectivity index (χ4v) is 3.20. The SMILES string of the molecule is CC(C)N(CC1CCN(C(=O)OCc2ccccc2)CC1)C(=O)[C@H](C)N. The molecule has 26 heavy (non-hydrogen) atoms. The molecule has 1 aromatic carbocycles. The predicted molar refractivity (Wildman–Crippen MR) is 101 cm³/mol. The maximum Gasteiger partial charge on any atom is 0.410 e. The van der Waals surface area contributed by atoms with Crippen LogP contribution in [0.15, 0.2) is 30.3 Å². The van der Waals surface area contributed by atoms with Gasteiger partial charge in [-0.05, 0) is 45.1 Å². The van der Waals surface area contributed by atoms with E-state index in [2.05, 4.69) is 0 Å². The quantitative estimate of drug-likeness (QED) is 0.845. The van der Waals surface area contributed by atoms with E-state index < -0.39 is 6.04 Å². The van der Waals surface area contributed by atoms with Crippen molar-refractivity contribution >= 4 is 12.0 Å². The van der Waals surface area contributed by atoms with Gasteiger partial charge in [0.25, 0.3) is 0 Å². The minimum absolute atomic E-state index is 0.00954. The van der Waals surface area contributed by atoms with E-state index in [0.717, 1.165) is 18.4 Å². The van der Waals surface area contributed by atoms with Crippen LogP contribution in [0.4, 0.5) is 4.79 Å². The Morgan fingerprint density at radius 2 is 1.81 bits per heavy atom. The van der Waals surface area contributed by atoms with Gasteiger partial charge in [0.05, 0.1) is 6.04 Å². The molecule has 2 N–H and O–H groups in total. The van der Waals surface area contributed by atoms with E-state index in [1.807, 2.05) is 49.1 Å². The molecule has 2 rings (SSSR count). The number of carbonyl (C=O) groups is 2. The molecule has 1 aromatic rings. The van der Waals surface area contributed by atoms with Gasteiger partial charge >= 0.3 is 6.09 Å². The number of hydrogen-bond acceptors (Lipinski definition) is 4. The maximum absolute atomic E-state index is 12.3. The van der Waals surface area contributed by atoms with Crippen LogP contribution in [0.25, 0.3) is 0 Å². The van der Waals surface area contributed by atoms with Crippen molar-refractivity contribution in [3.63, 3.8) is 0 Å². The van der Waals surface area contributed by atoms with Crippen molar-refractivity contribution in [2.24, 2.45) is 11.7 Å². The van der Waals surface area contributed by atoms with E-state index in [4.69, 9.17) is 10.5 Å². The van der Waals surface area contributed by atoms with E-state index in [9.17, 15) is 9.59 Å². The summed E-state index contributed by atoms with van der Waals surface area (Å²) in [5, 5.41) is 0. The predicted octanol–water partition coefficient (Wildman–Crippen LogP) is 2.62. The summed E-state index contributed by atoms with van der Waals surface area (Å²) >= 11 is 0. The van der Waals surface area contributed by atoms with E-state index in [1.54, 1.807) is 11.8 Å². The van der Waals surface area contributed by atoms with Crippen molar-refractivity contribution in [3.05, 3.63) is 35.9 Å². The Kier molecular flexibility index (Phi) is 7.45. The smallest absolute Gasteiger partial charge is 0.410 e. The molecule has 1 aliphatic rings. The number of ether oxygens (including phenoxy) is 1. The Bertz CT molecular complexity index is 581. The monoisotopic (exact) mass is 361 g/mol. The van der Waals surface area contributed by atoms with Crippen LogP contribution in [-0.2, 0) is 16.1 Å². The summed E-state index contributed by atoms with van der Waals surface area (Å²) in [7, 11) is 0. The topological polar surface area (TPSA) is 75.9 Å². The van der Waals surface area contributed by atoms with Gasteiger partial charge < -0.3 is 20.3 Å². The molecule has 1 heterocycles. The van der Waals surface area contributed by atoms with Gasteiger partial charge in [0.2, 0.25) is 5.91 Å². The minimum Gasteiger partial charge on any atom is -0.445 e.